The van der Waals surface area contributed by atoms with E-state index in [1.54, 1.807) is 12.1 Å². The van der Waals surface area contributed by atoms with E-state index in [-0.39, 0.29) is 30.6 Å². The zero-order chi connectivity index (χ0) is 16.2. The molecule has 0 bridgehead atoms. The lowest BCUT2D eigenvalue weighted by molar-refractivity contribution is -0.122. The summed E-state index contributed by atoms with van der Waals surface area (Å²) in [6.45, 7) is 0.0491. The van der Waals surface area contributed by atoms with E-state index in [2.05, 4.69) is 20.4 Å². The molecule has 0 saturated heterocycles. The molecule has 118 valence electrons. The summed E-state index contributed by atoms with van der Waals surface area (Å²) in [4.78, 5) is 11.7. The van der Waals surface area contributed by atoms with Crippen LogP contribution >= 0.6 is 0 Å². The van der Waals surface area contributed by atoms with E-state index in [1.807, 2.05) is 0 Å². The second kappa shape index (κ2) is 6.52. The second-order valence-electron chi connectivity index (χ2n) is 4.58. The van der Waals surface area contributed by atoms with Crippen LogP contribution in [0.1, 0.15) is 5.56 Å². The second-order valence-corrected chi connectivity index (χ2v) is 6.33. The molecule has 2 N–H and O–H groups in total. The minimum atomic E-state index is -3.44. The molecule has 0 aliphatic heterocycles. The van der Waals surface area contributed by atoms with Gasteiger partial charge in [-0.15, -0.1) is 5.10 Å². The van der Waals surface area contributed by atoms with Crippen molar-refractivity contribution < 1.29 is 17.6 Å². The summed E-state index contributed by atoms with van der Waals surface area (Å²) in [5, 5.41) is 9.81. The lowest BCUT2D eigenvalue weighted by Gasteiger charge is -2.05. The smallest absolute Gasteiger partial charge is 0.242 e. The molecule has 0 radical (unpaired) electrons. The van der Waals surface area contributed by atoms with Crippen molar-refractivity contribution in [1.29, 1.82) is 0 Å². The number of nitrogens with one attached hydrogen (secondary N) is 2. The third-order valence-corrected chi connectivity index (χ3v) is 3.09. The van der Waals surface area contributed by atoms with Gasteiger partial charge in [0.15, 0.2) is 5.82 Å². The normalized spacial score (nSPS) is 11.2. The van der Waals surface area contributed by atoms with Gasteiger partial charge < -0.3 is 5.32 Å². The number of carbonyl (C=O) groups excluding carboxylic acids is 1. The van der Waals surface area contributed by atoms with E-state index in [0.717, 1.165) is 6.26 Å². The van der Waals surface area contributed by atoms with Gasteiger partial charge in [0.05, 0.1) is 12.5 Å². The maximum atomic E-state index is 13.0. The third-order valence-electron chi connectivity index (χ3n) is 2.51. The number of halogens is 1. The first-order valence-corrected chi connectivity index (χ1v) is 8.10. The highest BCUT2D eigenvalue weighted by Gasteiger charge is 2.09. The molecule has 8 nitrogen and oxygen atoms in total. The highest BCUT2D eigenvalue weighted by Crippen LogP contribution is 2.04. The summed E-state index contributed by atoms with van der Waals surface area (Å²) < 4.78 is 38.4. The molecule has 0 atom stereocenters. The molecule has 2 aromatic rings. The Morgan fingerprint density at radius 1 is 1.41 bits per heavy atom. The predicted octanol–water partition coefficient (Wildman–Crippen LogP) is 0.105. The topological polar surface area (TPSA) is 106 Å². The Hall–Kier alpha value is -2.49. The van der Waals surface area contributed by atoms with Crippen LogP contribution in [0.3, 0.4) is 0 Å². The number of aromatic nitrogens is 3. The number of hydrogen-bond acceptors (Lipinski definition) is 5. The molecule has 0 saturated carbocycles. The van der Waals surface area contributed by atoms with E-state index in [4.69, 9.17) is 0 Å². The number of rotatable bonds is 6. The van der Waals surface area contributed by atoms with Crippen LogP contribution in [0.4, 0.5) is 10.2 Å². The van der Waals surface area contributed by atoms with Crippen LogP contribution in [-0.2, 0) is 27.9 Å². The maximum absolute atomic E-state index is 13.0. The average molecular weight is 327 g/mol. The lowest BCUT2D eigenvalue weighted by Crippen LogP contribution is -2.27. The van der Waals surface area contributed by atoms with Crippen LogP contribution in [0, 0.1) is 5.82 Å². The zero-order valence-corrected chi connectivity index (χ0v) is 12.5. The monoisotopic (exact) mass is 327 g/mol. The quantitative estimate of drug-likeness (QED) is 0.783. The Morgan fingerprint density at radius 2 is 2.18 bits per heavy atom. The molecule has 0 spiro atoms. The van der Waals surface area contributed by atoms with E-state index < -0.39 is 10.0 Å². The van der Waals surface area contributed by atoms with Crippen molar-refractivity contribution in [1.82, 2.24) is 20.3 Å². The minimum Gasteiger partial charge on any atom is -0.350 e. The number of sulfonamides is 1. The molecule has 1 heterocycles. The standard InChI is InChI=1S/C12H14FN5O3S/c1-22(20,21)16-11-7-18(17-15-11)8-12(19)14-6-9-3-2-4-10(13)5-9/h2-5,7,16H,6,8H2,1H3,(H,14,19). The summed E-state index contributed by atoms with van der Waals surface area (Å²) >= 11 is 0. The third kappa shape index (κ3) is 5.13. The molecule has 1 aromatic heterocycles. The van der Waals surface area contributed by atoms with Crippen molar-refractivity contribution in [3.8, 4) is 0 Å². The Kier molecular flexibility index (Phi) is 4.71. The van der Waals surface area contributed by atoms with Crippen molar-refractivity contribution in [3.05, 3.63) is 41.8 Å². The molecular formula is C12H14FN5O3S. The van der Waals surface area contributed by atoms with Crippen LogP contribution in [-0.4, -0.2) is 35.6 Å². The van der Waals surface area contributed by atoms with E-state index in [0.29, 0.717) is 5.56 Å². The van der Waals surface area contributed by atoms with Crippen LogP contribution < -0.4 is 10.0 Å². The van der Waals surface area contributed by atoms with Gasteiger partial charge in [0.25, 0.3) is 0 Å². The number of hydrogen-bond donors (Lipinski definition) is 2. The van der Waals surface area contributed by atoms with Gasteiger partial charge in [-0.3, -0.25) is 9.52 Å². The molecular weight excluding hydrogens is 313 g/mol. The summed E-state index contributed by atoms with van der Waals surface area (Å²) in [6, 6.07) is 5.88. The van der Waals surface area contributed by atoms with Crippen molar-refractivity contribution >= 4 is 21.7 Å². The van der Waals surface area contributed by atoms with Gasteiger partial charge in [0.2, 0.25) is 15.9 Å². The number of amides is 1. The van der Waals surface area contributed by atoms with E-state index >= 15 is 0 Å². The average Bonchev–Trinajstić information content (AvgIpc) is 2.81. The molecule has 22 heavy (non-hydrogen) atoms. The first-order valence-electron chi connectivity index (χ1n) is 6.21. The van der Waals surface area contributed by atoms with Gasteiger partial charge in [-0.25, -0.2) is 17.5 Å². The highest BCUT2D eigenvalue weighted by molar-refractivity contribution is 7.92. The van der Waals surface area contributed by atoms with Crippen molar-refractivity contribution in [2.45, 2.75) is 13.1 Å². The molecule has 1 amide bonds. The van der Waals surface area contributed by atoms with Gasteiger partial charge in [-0.1, -0.05) is 17.3 Å². The number of anilines is 1. The SMILES string of the molecule is CS(=O)(=O)Nc1cn(CC(=O)NCc2cccc(F)c2)nn1. The maximum Gasteiger partial charge on any atom is 0.242 e. The Morgan fingerprint density at radius 3 is 2.86 bits per heavy atom. The zero-order valence-electron chi connectivity index (χ0n) is 11.7. The summed E-state index contributed by atoms with van der Waals surface area (Å²) in [6.07, 6.45) is 2.28. The molecule has 0 unspecified atom stereocenters. The van der Waals surface area contributed by atoms with Gasteiger partial charge in [-0.05, 0) is 17.7 Å². The number of carbonyl (C=O) groups is 1. The van der Waals surface area contributed by atoms with Gasteiger partial charge >= 0.3 is 0 Å². The fourth-order valence-electron chi connectivity index (χ4n) is 1.66. The molecule has 0 aliphatic carbocycles. The molecule has 0 aliphatic rings. The predicted molar refractivity (Wildman–Crippen MR) is 76.7 cm³/mol. The first-order chi connectivity index (χ1) is 10.3. The first kappa shape index (κ1) is 15.9. The molecule has 1 aromatic carbocycles. The van der Waals surface area contributed by atoms with Crippen molar-refractivity contribution in [2.75, 3.05) is 11.0 Å². The van der Waals surface area contributed by atoms with Crippen molar-refractivity contribution in [3.63, 3.8) is 0 Å². The van der Waals surface area contributed by atoms with Crippen LogP contribution in [0.25, 0.3) is 0 Å². The fourth-order valence-corrected chi connectivity index (χ4v) is 2.14. The molecule has 10 heteroatoms. The number of nitrogens with zero attached hydrogens (tertiary/aromatic N) is 3. The summed E-state index contributed by atoms with van der Waals surface area (Å²) in [5.74, 6) is -0.708. The van der Waals surface area contributed by atoms with Crippen LogP contribution in [0.15, 0.2) is 30.5 Å². The van der Waals surface area contributed by atoms with Crippen LogP contribution in [0.5, 0.6) is 0 Å². The van der Waals surface area contributed by atoms with Gasteiger partial charge in [0, 0.05) is 6.54 Å². The number of benzene rings is 1. The fraction of sp³-hybridized carbons (Fsp3) is 0.250. The molecule has 0 fully saturated rings. The van der Waals surface area contributed by atoms with E-state index in [9.17, 15) is 17.6 Å². The molecule has 2 rings (SSSR count). The minimum absolute atomic E-state index is 0.0282. The lowest BCUT2D eigenvalue weighted by atomic mass is 10.2. The highest BCUT2D eigenvalue weighted by atomic mass is 32.2. The Balaban J connectivity index is 1.87. The van der Waals surface area contributed by atoms with Gasteiger partial charge in [0.1, 0.15) is 12.4 Å². The van der Waals surface area contributed by atoms with Crippen LogP contribution in [0.2, 0.25) is 0 Å². The Labute approximate surface area is 126 Å². The summed E-state index contributed by atoms with van der Waals surface area (Å²) in [7, 11) is -3.44. The Bertz CT molecular complexity index is 775. The largest absolute Gasteiger partial charge is 0.350 e. The van der Waals surface area contributed by atoms with Crippen molar-refractivity contribution in [2.24, 2.45) is 0 Å². The van der Waals surface area contributed by atoms with Gasteiger partial charge in [-0.2, -0.15) is 0 Å². The summed E-state index contributed by atoms with van der Waals surface area (Å²) in [5.41, 5.74) is 0.631. The van der Waals surface area contributed by atoms with E-state index in [1.165, 1.54) is 23.0 Å².